The van der Waals surface area contributed by atoms with Crippen LogP contribution in [0.25, 0.3) is 17.0 Å². The Balaban J connectivity index is 1.37. The van der Waals surface area contributed by atoms with Crippen molar-refractivity contribution in [2.24, 2.45) is 0 Å². The molecule has 0 unspecified atom stereocenters. The Morgan fingerprint density at radius 1 is 1.15 bits per heavy atom. The molecule has 3 aromatic heterocycles. The molecule has 9 heteroatoms. The lowest BCUT2D eigenvalue weighted by atomic mass is 10.1. The van der Waals surface area contributed by atoms with Crippen LogP contribution < -0.4 is 5.32 Å². The van der Waals surface area contributed by atoms with E-state index in [9.17, 15) is 9.59 Å². The van der Waals surface area contributed by atoms with Crippen LogP contribution in [0.15, 0.2) is 75.7 Å². The second kappa shape index (κ2) is 9.38. The Morgan fingerprint density at radius 3 is 2.82 bits per heavy atom. The molecule has 0 saturated carbocycles. The smallest absolute Gasteiger partial charge is 0.266 e. The SMILES string of the molecule is O=C(Cn1cc(/C=C2\SC(=S)N(Cc3ccco3)C2=O)c2ccccc21)NCc1cccs1. The highest BCUT2D eigenvalue weighted by Crippen LogP contribution is 2.35. The molecule has 0 aliphatic carbocycles. The first-order valence-electron chi connectivity index (χ1n) is 10.2. The quantitative estimate of drug-likeness (QED) is 0.289. The van der Waals surface area contributed by atoms with E-state index in [4.69, 9.17) is 16.6 Å². The van der Waals surface area contributed by atoms with E-state index in [2.05, 4.69) is 5.32 Å². The highest BCUT2D eigenvalue weighted by molar-refractivity contribution is 8.26. The number of fused-ring (bicyclic) bond motifs is 1. The van der Waals surface area contributed by atoms with Crippen molar-refractivity contribution in [3.05, 3.63) is 87.5 Å². The maximum absolute atomic E-state index is 13.0. The van der Waals surface area contributed by atoms with Gasteiger partial charge in [-0.2, -0.15) is 0 Å². The van der Waals surface area contributed by atoms with Gasteiger partial charge in [0.2, 0.25) is 5.91 Å². The third-order valence-corrected chi connectivity index (χ3v) is 7.48. The zero-order chi connectivity index (χ0) is 22.8. The van der Waals surface area contributed by atoms with Gasteiger partial charge in [-0.3, -0.25) is 14.5 Å². The van der Waals surface area contributed by atoms with Crippen molar-refractivity contribution in [2.45, 2.75) is 19.6 Å². The van der Waals surface area contributed by atoms with Gasteiger partial charge in [0.1, 0.15) is 16.6 Å². The lowest BCUT2D eigenvalue weighted by Gasteiger charge is -2.11. The normalized spacial score (nSPS) is 15.2. The van der Waals surface area contributed by atoms with Crippen molar-refractivity contribution in [2.75, 3.05) is 0 Å². The third kappa shape index (κ3) is 4.66. The molecule has 1 fully saturated rings. The van der Waals surface area contributed by atoms with Crippen LogP contribution in [0.2, 0.25) is 0 Å². The van der Waals surface area contributed by atoms with Gasteiger partial charge in [0.15, 0.2) is 0 Å². The number of thiocarbonyl (C=S) groups is 1. The Hall–Kier alpha value is -3.14. The molecule has 33 heavy (non-hydrogen) atoms. The van der Waals surface area contributed by atoms with E-state index >= 15 is 0 Å². The highest BCUT2D eigenvalue weighted by atomic mass is 32.2. The zero-order valence-electron chi connectivity index (χ0n) is 17.4. The van der Waals surface area contributed by atoms with Crippen LogP contribution >= 0.6 is 35.3 Å². The summed E-state index contributed by atoms with van der Waals surface area (Å²) in [5, 5.41) is 5.93. The maximum atomic E-state index is 13.0. The molecule has 1 N–H and O–H groups in total. The van der Waals surface area contributed by atoms with Gasteiger partial charge in [-0.25, -0.2) is 0 Å². The van der Waals surface area contributed by atoms with Gasteiger partial charge in [0.05, 0.1) is 24.3 Å². The first-order valence-corrected chi connectivity index (χ1v) is 12.3. The minimum absolute atomic E-state index is 0.0690. The lowest BCUT2D eigenvalue weighted by molar-refractivity contribution is -0.123. The molecule has 1 aromatic carbocycles. The van der Waals surface area contributed by atoms with Gasteiger partial charge in [-0.05, 0) is 35.7 Å². The molecule has 1 aliphatic rings. The summed E-state index contributed by atoms with van der Waals surface area (Å²) in [6.07, 6.45) is 5.34. The summed E-state index contributed by atoms with van der Waals surface area (Å²) in [4.78, 5) is 28.8. The maximum Gasteiger partial charge on any atom is 0.266 e. The second-order valence-corrected chi connectivity index (χ2v) is 10.1. The first kappa shape index (κ1) is 21.7. The summed E-state index contributed by atoms with van der Waals surface area (Å²) in [7, 11) is 0. The number of furan rings is 1. The average molecular weight is 494 g/mol. The second-order valence-electron chi connectivity index (χ2n) is 7.43. The fourth-order valence-electron chi connectivity index (χ4n) is 3.67. The molecule has 0 radical (unpaired) electrons. The number of hydrogen-bond donors (Lipinski definition) is 1. The summed E-state index contributed by atoms with van der Waals surface area (Å²) in [6.45, 7) is 1.01. The van der Waals surface area contributed by atoms with Crippen LogP contribution in [-0.4, -0.2) is 25.6 Å². The Bertz CT molecular complexity index is 1350. The van der Waals surface area contributed by atoms with Gasteiger partial charge < -0.3 is 14.3 Å². The fourth-order valence-corrected chi connectivity index (χ4v) is 5.56. The summed E-state index contributed by atoms with van der Waals surface area (Å²) >= 11 is 8.32. The van der Waals surface area contributed by atoms with Crippen LogP contribution in [-0.2, 0) is 29.2 Å². The zero-order valence-corrected chi connectivity index (χ0v) is 19.8. The number of aromatic nitrogens is 1. The molecule has 5 rings (SSSR count). The molecule has 166 valence electrons. The molecule has 1 saturated heterocycles. The summed E-state index contributed by atoms with van der Waals surface area (Å²) in [6, 6.07) is 15.4. The number of carbonyl (C=O) groups excluding carboxylic acids is 2. The number of hydrogen-bond acceptors (Lipinski definition) is 6. The fraction of sp³-hybridized carbons (Fsp3) is 0.125. The number of amides is 2. The molecule has 0 atom stereocenters. The molecule has 0 bridgehead atoms. The van der Waals surface area contributed by atoms with Crippen molar-refractivity contribution in [3.63, 3.8) is 0 Å². The van der Waals surface area contributed by atoms with E-state index in [0.717, 1.165) is 21.3 Å². The number of para-hydroxylation sites is 1. The average Bonchev–Trinajstić information content (AvgIpc) is 3.61. The van der Waals surface area contributed by atoms with Gasteiger partial charge in [0, 0.05) is 27.5 Å². The van der Waals surface area contributed by atoms with Crippen molar-refractivity contribution in [1.82, 2.24) is 14.8 Å². The van der Waals surface area contributed by atoms with E-state index in [1.807, 2.05) is 64.7 Å². The van der Waals surface area contributed by atoms with Crippen molar-refractivity contribution in [3.8, 4) is 0 Å². The molecule has 0 spiro atoms. The highest BCUT2D eigenvalue weighted by Gasteiger charge is 2.32. The van der Waals surface area contributed by atoms with E-state index in [1.54, 1.807) is 28.6 Å². The van der Waals surface area contributed by atoms with E-state index in [-0.39, 0.29) is 18.4 Å². The predicted octanol–water partition coefficient (Wildman–Crippen LogP) is 5.01. The van der Waals surface area contributed by atoms with E-state index < -0.39 is 0 Å². The number of thioether (sulfide) groups is 1. The van der Waals surface area contributed by atoms with Crippen molar-refractivity contribution >= 4 is 68.4 Å². The van der Waals surface area contributed by atoms with E-state index in [0.29, 0.717) is 28.1 Å². The number of rotatable bonds is 7. The van der Waals surface area contributed by atoms with Gasteiger partial charge in [-0.1, -0.05) is 48.2 Å². The third-order valence-electron chi connectivity index (χ3n) is 5.23. The molecule has 4 aromatic rings. The van der Waals surface area contributed by atoms with E-state index in [1.165, 1.54) is 11.8 Å². The topological polar surface area (TPSA) is 67.5 Å². The number of carbonyl (C=O) groups is 2. The molecule has 4 heterocycles. The van der Waals surface area contributed by atoms with Gasteiger partial charge >= 0.3 is 0 Å². The first-order chi connectivity index (χ1) is 16.1. The Morgan fingerprint density at radius 2 is 2.03 bits per heavy atom. The van der Waals surface area contributed by atoms with Crippen LogP contribution in [0.3, 0.4) is 0 Å². The molecule has 6 nitrogen and oxygen atoms in total. The summed E-state index contributed by atoms with van der Waals surface area (Å²) in [5.41, 5.74) is 1.80. The molecular weight excluding hydrogens is 474 g/mol. The standard InChI is InChI=1S/C24H19N3O3S3/c28-22(25-12-18-6-4-10-32-18)15-26-13-16(19-7-1-2-8-20(19)26)11-21-23(29)27(24(31)33-21)14-17-5-3-9-30-17/h1-11,13H,12,14-15H2,(H,25,28)/b21-11-. The minimum atomic E-state index is -0.146. The largest absolute Gasteiger partial charge is 0.467 e. The number of thiophene rings is 1. The Labute approximate surface area is 203 Å². The number of nitrogens with zero attached hydrogens (tertiary/aromatic N) is 2. The van der Waals surface area contributed by atoms with Crippen LogP contribution in [0.4, 0.5) is 0 Å². The summed E-state index contributed by atoms with van der Waals surface area (Å²) in [5.74, 6) is 0.463. The molecular formula is C24H19N3O3S3. The monoisotopic (exact) mass is 493 g/mol. The van der Waals surface area contributed by atoms with Gasteiger partial charge in [-0.15, -0.1) is 11.3 Å². The van der Waals surface area contributed by atoms with Crippen LogP contribution in [0, 0.1) is 0 Å². The molecule has 2 amide bonds. The Kier molecular flexibility index (Phi) is 6.17. The number of benzene rings is 1. The van der Waals surface area contributed by atoms with Crippen molar-refractivity contribution in [1.29, 1.82) is 0 Å². The van der Waals surface area contributed by atoms with Gasteiger partial charge in [0.25, 0.3) is 5.91 Å². The van der Waals surface area contributed by atoms with Crippen LogP contribution in [0.1, 0.15) is 16.2 Å². The van der Waals surface area contributed by atoms with Crippen molar-refractivity contribution < 1.29 is 14.0 Å². The van der Waals surface area contributed by atoms with Crippen LogP contribution in [0.5, 0.6) is 0 Å². The minimum Gasteiger partial charge on any atom is -0.467 e. The predicted molar refractivity (Wildman–Crippen MR) is 136 cm³/mol. The molecule has 1 aliphatic heterocycles. The summed E-state index contributed by atoms with van der Waals surface area (Å²) < 4.78 is 7.77. The lowest BCUT2D eigenvalue weighted by Crippen LogP contribution is -2.27. The number of nitrogens with one attached hydrogen (secondary N) is 1.